The van der Waals surface area contributed by atoms with Crippen molar-refractivity contribution in [3.63, 3.8) is 0 Å². The number of methoxy groups -OCH3 is 1. The van der Waals surface area contributed by atoms with Crippen LogP contribution in [0.2, 0.25) is 0 Å². The van der Waals surface area contributed by atoms with E-state index in [1.165, 1.54) is 86.8 Å². The van der Waals surface area contributed by atoms with Crippen LogP contribution in [0, 0.1) is 0 Å². The molecule has 0 spiro atoms. The summed E-state index contributed by atoms with van der Waals surface area (Å²) in [6.45, 7) is 1.41. The molecule has 0 heterocycles. The Bertz CT molecular complexity index is 1710. The topological polar surface area (TPSA) is 130 Å². The van der Waals surface area contributed by atoms with E-state index >= 15 is 0 Å². The van der Waals surface area contributed by atoms with Gasteiger partial charge in [-0.05, 0) is 90.8 Å². The Labute approximate surface area is 225 Å². The predicted molar refractivity (Wildman–Crippen MR) is 142 cm³/mol. The SMILES string of the molecule is COC(=O)c1ccc(OS(=O)(=O)c2ccc(-c3ccc(S(=O)(=O)Oc4ccc(C(C)=O)cc4)cc3)cc2)cc1. The third-order valence-electron chi connectivity index (χ3n) is 5.57. The van der Waals surface area contributed by atoms with Crippen molar-refractivity contribution in [2.45, 2.75) is 16.7 Å². The summed E-state index contributed by atoms with van der Waals surface area (Å²) >= 11 is 0. The minimum Gasteiger partial charge on any atom is -0.465 e. The van der Waals surface area contributed by atoms with Crippen molar-refractivity contribution in [2.24, 2.45) is 0 Å². The first-order valence-corrected chi connectivity index (χ1v) is 14.2. The molecule has 0 saturated heterocycles. The second kappa shape index (κ2) is 11.1. The van der Waals surface area contributed by atoms with E-state index in [9.17, 15) is 26.4 Å². The highest BCUT2D eigenvalue weighted by Crippen LogP contribution is 2.26. The smallest absolute Gasteiger partial charge is 0.339 e. The number of benzene rings is 4. The maximum Gasteiger partial charge on any atom is 0.339 e. The van der Waals surface area contributed by atoms with Crippen LogP contribution in [0.25, 0.3) is 11.1 Å². The zero-order valence-corrected chi connectivity index (χ0v) is 22.4. The fourth-order valence-electron chi connectivity index (χ4n) is 3.49. The predicted octanol–water partition coefficient (Wildman–Crippen LogP) is 4.88. The number of hydrogen-bond acceptors (Lipinski definition) is 9. The lowest BCUT2D eigenvalue weighted by molar-refractivity contribution is 0.0600. The normalized spacial score (nSPS) is 11.4. The molecular weight excluding hydrogens is 544 g/mol. The van der Waals surface area contributed by atoms with Crippen LogP contribution in [0.5, 0.6) is 11.5 Å². The van der Waals surface area contributed by atoms with E-state index in [0.717, 1.165) is 0 Å². The van der Waals surface area contributed by atoms with Gasteiger partial charge in [0, 0.05) is 5.56 Å². The second-order valence-corrected chi connectivity index (χ2v) is 11.3. The molecule has 0 radical (unpaired) electrons. The summed E-state index contributed by atoms with van der Waals surface area (Å²) in [5, 5.41) is 0. The Hall–Kier alpha value is -4.48. The molecule has 0 N–H and O–H groups in total. The maximum absolute atomic E-state index is 12.7. The molecule has 0 amide bonds. The monoisotopic (exact) mass is 566 g/mol. The highest BCUT2D eigenvalue weighted by atomic mass is 32.2. The summed E-state index contributed by atoms with van der Waals surface area (Å²) in [5.74, 6) is -0.605. The number of Topliss-reactive ketones (excluding diaryl/α,β-unsaturated/α-hetero) is 1. The number of rotatable bonds is 9. The molecule has 0 aliphatic rings. The lowest BCUT2D eigenvalue weighted by atomic mass is 10.1. The number of ether oxygens (including phenoxy) is 1. The molecule has 4 aromatic rings. The van der Waals surface area contributed by atoms with Crippen LogP contribution in [0.1, 0.15) is 27.6 Å². The van der Waals surface area contributed by atoms with Gasteiger partial charge < -0.3 is 13.1 Å². The third kappa shape index (κ3) is 6.51. The molecule has 0 aromatic heterocycles. The number of hydrogen-bond donors (Lipinski definition) is 0. The van der Waals surface area contributed by atoms with Crippen LogP contribution in [-0.2, 0) is 25.0 Å². The van der Waals surface area contributed by atoms with E-state index in [1.807, 2.05) is 0 Å². The van der Waals surface area contributed by atoms with E-state index in [0.29, 0.717) is 16.7 Å². The first-order chi connectivity index (χ1) is 18.5. The number of carbonyl (C=O) groups is 2. The third-order valence-corrected chi connectivity index (χ3v) is 8.09. The minimum atomic E-state index is -4.15. The molecule has 4 rings (SSSR count). The van der Waals surface area contributed by atoms with E-state index in [2.05, 4.69) is 4.74 Å². The quantitative estimate of drug-likeness (QED) is 0.158. The number of ketones is 1. The molecule has 0 unspecified atom stereocenters. The summed E-state index contributed by atoms with van der Waals surface area (Å²) in [7, 11) is -7.02. The van der Waals surface area contributed by atoms with Gasteiger partial charge in [-0.25, -0.2) is 4.79 Å². The van der Waals surface area contributed by atoms with Crippen LogP contribution in [0.4, 0.5) is 0 Å². The van der Waals surface area contributed by atoms with Crippen LogP contribution in [-0.4, -0.2) is 35.7 Å². The van der Waals surface area contributed by atoms with Crippen molar-refractivity contribution in [2.75, 3.05) is 7.11 Å². The Morgan fingerprint density at radius 1 is 0.538 bits per heavy atom. The lowest BCUT2D eigenvalue weighted by Gasteiger charge is -2.10. The van der Waals surface area contributed by atoms with Crippen molar-refractivity contribution < 1.29 is 39.5 Å². The van der Waals surface area contributed by atoms with Crippen molar-refractivity contribution in [3.8, 4) is 22.6 Å². The van der Waals surface area contributed by atoms with Crippen LogP contribution >= 0.6 is 0 Å². The van der Waals surface area contributed by atoms with Crippen LogP contribution < -0.4 is 8.37 Å². The van der Waals surface area contributed by atoms with Gasteiger partial charge >= 0.3 is 26.2 Å². The molecule has 0 fully saturated rings. The van der Waals surface area contributed by atoms with Gasteiger partial charge in [-0.1, -0.05) is 24.3 Å². The molecule has 200 valence electrons. The summed E-state index contributed by atoms with van der Waals surface area (Å²) in [5.41, 5.74) is 1.97. The molecule has 0 saturated carbocycles. The average Bonchev–Trinajstić information content (AvgIpc) is 2.93. The Morgan fingerprint density at radius 3 is 1.23 bits per heavy atom. The maximum atomic E-state index is 12.7. The highest BCUT2D eigenvalue weighted by Gasteiger charge is 2.19. The van der Waals surface area contributed by atoms with Gasteiger partial charge in [0.25, 0.3) is 0 Å². The van der Waals surface area contributed by atoms with E-state index in [1.54, 1.807) is 24.3 Å². The molecule has 11 heteroatoms. The van der Waals surface area contributed by atoms with Gasteiger partial charge in [0.2, 0.25) is 0 Å². The Balaban J connectivity index is 1.45. The molecule has 0 atom stereocenters. The first kappa shape index (κ1) is 27.6. The van der Waals surface area contributed by atoms with E-state index in [-0.39, 0.29) is 32.6 Å². The first-order valence-electron chi connectivity index (χ1n) is 11.4. The minimum absolute atomic E-state index is 0.0283. The largest absolute Gasteiger partial charge is 0.465 e. The zero-order chi connectivity index (χ0) is 28.2. The van der Waals surface area contributed by atoms with Crippen LogP contribution in [0.3, 0.4) is 0 Å². The lowest BCUT2D eigenvalue weighted by Crippen LogP contribution is -2.10. The second-order valence-electron chi connectivity index (χ2n) is 8.22. The standard InChI is InChI=1S/C28H22O9S2/c1-19(29)20-3-11-24(12-4-20)36-38(31,32)26-15-7-21(8-16-26)22-9-17-27(18-10-22)39(33,34)37-25-13-5-23(6-14-25)28(30)35-2/h3-18H,1-2H3. The average molecular weight is 567 g/mol. The summed E-state index contributed by atoms with van der Waals surface area (Å²) in [6, 6.07) is 23.0. The van der Waals surface area contributed by atoms with E-state index in [4.69, 9.17) is 8.37 Å². The van der Waals surface area contributed by atoms with Crippen molar-refractivity contribution in [1.82, 2.24) is 0 Å². The number of esters is 1. The van der Waals surface area contributed by atoms with E-state index < -0.39 is 26.2 Å². The molecule has 0 aliphatic heterocycles. The molecule has 9 nitrogen and oxygen atoms in total. The summed E-state index contributed by atoms with van der Waals surface area (Å²) in [4.78, 5) is 22.7. The molecule has 4 aromatic carbocycles. The number of carbonyl (C=O) groups excluding carboxylic acids is 2. The van der Waals surface area contributed by atoms with Gasteiger partial charge in [-0.2, -0.15) is 16.8 Å². The van der Waals surface area contributed by atoms with Gasteiger partial charge in [-0.3, -0.25) is 4.79 Å². The van der Waals surface area contributed by atoms with Crippen molar-refractivity contribution in [3.05, 3.63) is 108 Å². The Kier molecular flexibility index (Phi) is 7.84. The summed E-state index contributed by atoms with van der Waals surface area (Å²) < 4.78 is 65.5. The van der Waals surface area contributed by atoms with Gasteiger partial charge in [0.05, 0.1) is 12.7 Å². The molecule has 39 heavy (non-hydrogen) atoms. The zero-order valence-electron chi connectivity index (χ0n) is 20.7. The van der Waals surface area contributed by atoms with Crippen LogP contribution in [0.15, 0.2) is 107 Å². The molecule has 0 aliphatic carbocycles. The molecule has 0 bridgehead atoms. The van der Waals surface area contributed by atoms with Crippen molar-refractivity contribution in [1.29, 1.82) is 0 Å². The van der Waals surface area contributed by atoms with Gasteiger partial charge in [-0.15, -0.1) is 0 Å². The molecular formula is C28H22O9S2. The summed E-state index contributed by atoms with van der Waals surface area (Å²) in [6.07, 6.45) is 0. The van der Waals surface area contributed by atoms with Gasteiger partial charge in [0.15, 0.2) is 5.78 Å². The fourth-order valence-corrected chi connectivity index (χ4v) is 5.35. The van der Waals surface area contributed by atoms with Gasteiger partial charge in [0.1, 0.15) is 21.3 Å². The highest BCUT2D eigenvalue weighted by molar-refractivity contribution is 7.87. The Morgan fingerprint density at radius 2 is 0.897 bits per heavy atom. The fraction of sp³-hybridized carbons (Fsp3) is 0.0714. The van der Waals surface area contributed by atoms with Crippen molar-refractivity contribution >= 4 is 32.0 Å².